The van der Waals surface area contributed by atoms with Gasteiger partial charge in [0, 0.05) is 29.3 Å². The lowest BCUT2D eigenvalue weighted by atomic mass is 10.2. The van der Waals surface area contributed by atoms with Crippen molar-refractivity contribution in [3.63, 3.8) is 0 Å². The van der Waals surface area contributed by atoms with E-state index in [1.807, 2.05) is 6.92 Å². The van der Waals surface area contributed by atoms with Crippen molar-refractivity contribution in [2.45, 2.75) is 24.4 Å². The van der Waals surface area contributed by atoms with Crippen LogP contribution < -0.4 is 5.14 Å². The van der Waals surface area contributed by atoms with Crippen molar-refractivity contribution in [3.8, 4) is 17.1 Å². The Hall–Kier alpha value is -2.72. The number of nitrogens with zero attached hydrogens (tertiary/aromatic N) is 3. The summed E-state index contributed by atoms with van der Waals surface area (Å²) in [5.41, 5.74) is 0.441. The summed E-state index contributed by atoms with van der Waals surface area (Å²) in [6.07, 6.45) is -1.62. The number of aryl methyl sites for hydroxylation is 1. The molecule has 10 heteroatoms. The van der Waals surface area contributed by atoms with Gasteiger partial charge in [-0.15, -0.1) is 0 Å². The number of hydrogen-bond acceptors (Lipinski definition) is 4. The maximum absolute atomic E-state index is 13.2. The van der Waals surface area contributed by atoms with Crippen molar-refractivity contribution in [2.24, 2.45) is 5.14 Å². The Bertz CT molecular complexity index is 1060. The molecule has 0 saturated heterocycles. The molecule has 0 radical (unpaired) electrons. The van der Waals surface area contributed by atoms with Crippen LogP contribution in [-0.2, 0) is 22.6 Å². The van der Waals surface area contributed by atoms with E-state index < -0.39 is 21.9 Å². The molecule has 0 aliphatic heterocycles. The number of primary sulfonamides is 1. The molecule has 2 N–H and O–H groups in total. The maximum atomic E-state index is 13.2. The highest BCUT2D eigenvalue weighted by Gasteiger charge is 2.35. The van der Waals surface area contributed by atoms with Gasteiger partial charge in [0.15, 0.2) is 5.69 Å². The molecule has 142 valence electrons. The van der Waals surface area contributed by atoms with Gasteiger partial charge in [0.25, 0.3) is 0 Å². The largest absolute Gasteiger partial charge is 0.434 e. The summed E-state index contributed by atoms with van der Waals surface area (Å²) in [4.78, 5) is 7.76. The van der Waals surface area contributed by atoms with Crippen molar-refractivity contribution in [2.75, 3.05) is 0 Å². The first kappa shape index (κ1) is 19.1. The molecule has 6 nitrogen and oxygen atoms in total. The number of rotatable bonds is 4. The van der Waals surface area contributed by atoms with Crippen LogP contribution in [0, 0.1) is 0 Å². The molecule has 0 aliphatic carbocycles. The van der Waals surface area contributed by atoms with E-state index in [0.29, 0.717) is 17.7 Å². The molecule has 0 saturated carbocycles. The van der Waals surface area contributed by atoms with Crippen LogP contribution in [0.5, 0.6) is 0 Å². The minimum absolute atomic E-state index is 0.0424. The van der Waals surface area contributed by atoms with Crippen molar-refractivity contribution in [1.82, 2.24) is 14.5 Å². The molecule has 0 spiro atoms. The highest BCUT2D eigenvalue weighted by molar-refractivity contribution is 7.89. The highest BCUT2D eigenvalue weighted by atomic mass is 32.2. The molecule has 0 amide bonds. The number of nitrogens with two attached hydrogens (primary N) is 1. The summed E-state index contributed by atoms with van der Waals surface area (Å²) < 4.78 is 63.5. The van der Waals surface area contributed by atoms with Crippen LogP contribution in [0.2, 0.25) is 0 Å². The van der Waals surface area contributed by atoms with E-state index in [2.05, 4.69) is 9.97 Å². The molecule has 3 rings (SSSR count). The minimum atomic E-state index is -4.63. The second-order valence-electron chi connectivity index (χ2n) is 5.75. The minimum Gasteiger partial charge on any atom is -0.299 e. The van der Waals surface area contributed by atoms with Gasteiger partial charge in [-0.3, -0.25) is 9.55 Å². The van der Waals surface area contributed by atoms with Gasteiger partial charge in [-0.1, -0.05) is 6.92 Å². The molecule has 0 unspecified atom stereocenters. The Labute approximate surface area is 153 Å². The summed E-state index contributed by atoms with van der Waals surface area (Å²) in [6.45, 7) is 1.91. The van der Waals surface area contributed by atoms with Crippen LogP contribution in [-0.4, -0.2) is 23.0 Å². The number of pyridine rings is 1. The molecule has 27 heavy (non-hydrogen) atoms. The Morgan fingerprint density at radius 1 is 1.11 bits per heavy atom. The topological polar surface area (TPSA) is 90.9 Å². The fourth-order valence-electron chi connectivity index (χ4n) is 2.48. The molecule has 1 aromatic carbocycles. The molecule has 2 heterocycles. The van der Waals surface area contributed by atoms with Gasteiger partial charge in [-0.2, -0.15) is 13.2 Å². The molecular weight excluding hydrogens is 381 g/mol. The lowest BCUT2D eigenvalue weighted by molar-refractivity contribution is -0.140. The highest BCUT2D eigenvalue weighted by Crippen LogP contribution is 2.32. The zero-order valence-corrected chi connectivity index (χ0v) is 14.9. The number of imidazole rings is 1. The third kappa shape index (κ3) is 4.01. The number of aromatic nitrogens is 3. The normalized spacial score (nSPS) is 12.3. The van der Waals surface area contributed by atoms with Gasteiger partial charge >= 0.3 is 6.18 Å². The van der Waals surface area contributed by atoms with E-state index >= 15 is 0 Å². The average Bonchev–Trinajstić information content (AvgIpc) is 3.07. The lowest BCUT2D eigenvalue weighted by Gasteiger charge is -2.09. The van der Waals surface area contributed by atoms with E-state index in [1.165, 1.54) is 35.0 Å². The van der Waals surface area contributed by atoms with E-state index in [9.17, 15) is 21.6 Å². The van der Waals surface area contributed by atoms with Crippen LogP contribution in [0.1, 0.15) is 18.3 Å². The summed E-state index contributed by atoms with van der Waals surface area (Å²) in [5.74, 6) is 0.0424. The van der Waals surface area contributed by atoms with Crippen molar-refractivity contribution < 1.29 is 21.6 Å². The summed E-state index contributed by atoms with van der Waals surface area (Å²) in [5, 5.41) is 5.05. The Kier molecular flexibility index (Phi) is 4.79. The summed E-state index contributed by atoms with van der Waals surface area (Å²) in [6, 6.07) is 8.52. The number of benzene rings is 1. The predicted molar refractivity (Wildman–Crippen MR) is 92.5 cm³/mol. The van der Waals surface area contributed by atoms with Gasteiger partial charge < -0.3 is 0 Å². The van der Waals surface area contributed by atoms with Crippen LogP contribution in [0.4, 0.5) is 13.2 Å². The standard InChI is InChI=1S/C17H15F3N4O2S/c1-2-12-4-3-11(9-22-12)16-23-15(17(18,19)20)10-24(16)13-5-7-14(8-6-13)27(21,25)26/h3-10H,2H2,1H3,(H2,21,25,26). The average molecular weight is 396 g/mol. The summed E-state index contributed by atoms with van der Waals surface area (Å²) >= 11 is 0. The molecule has 0 aliphatic rings. The molecule has 0 bridgehead atoms. The van der Waals surface area contributed by atoms with E-state index in [1.54, 1.807) is 12.1 Å². The zero-order valence-electron chi connectivity index (χ0n) is 14.1. The smallest absolute Gasteiger partial charge is 0.299 e. The fourth-order valence-corrected chi connectivity index (χ4v) is 3.00. The quantitative estimate of drug-likeness (QED) is 0.733. The Morgan fingerprint density at radius 3 is 2.26 bits per heavy atom. The van der Waals surface area contributed by atoms with Crippen LogP contribution in [0.15, 0.2) is 53.7 Å². The van der Waals surface area contributed by atoms with Crippen LogP contribution in [0.3, 0.4) is 0 Å². The van der Waals surface area contributed by atoms with Crippen molar-refractivity contribution >= 4 is 10.0 Å². The molecular formula is C17H15F3N4O2S. The first-order valence-corrected chi connectivity index (χ1v) is 9.39. The molecule has 2 aromatic heterocycles. The Balaban J connectivity index is 2.14. The monoisotopic (exact) mass is 396 g/mol. The SMILES string of the molecule is CCc1ccc(-c2nc(C(F)(F)F)cn2-c2ccc(S(N)(=O)=O)cc2)cn1. The number of sulfonamides is 1. The second-order valence-corrected chi connectivity index (χ2v) is 7.31. The number of hydrogen-bond donors (Lipinski definition) is 1. The van der Waals surface area contributed by atoms with E-state index in [0.717, 1.165) is 11.9 Å². The van der Waals surface area contributed by atoms with Crippen molar-refractivity contribution in [1.29, 1.82) is 0 Å². The summed E-state index contributed by atoms with van der Waals surface area (Å²) in [7, 11) is -3.90. The fraction of sp³-hybridized carbons (Fsp3) is 0.176. The number of halogens is 3. The predicted octanol–water partition coefficient (Wildman–Crippen LogP) is 3.16. The van der Waals surface area contributed by atoms with Gasteiger partial charge in [0.2, 0.25) is 10.0 Å². The number of alkyl halides is 3. The third-order valence-corrected chi connectivity index (χ3v) is 4.81. The van der Waals surface area contributed by atoms with E-state index in [-0.39, 0.29) is 10.7 Å². The van der Waals surface area contributed by atoms with Crippen LogP contribution in [0.25, 0.3) is 17.1 Å². The van der Waals surface area contributed by atoms with Gasteiger partial charge in [0.05, 0.1) is 4.90 Å². The molecule has 3 aromatic rings. The van der Waals surface area contributed by atoms with Gasteiger partial charge in [-0.05, 0) is 42.8 Å². The third-order valence-electron chi connectivity index (χ3n) is 3.88. The second kappa shape index (κ2) is 6.78. The molecule has 0 atom stereocenters. The lowest BCUT2D eigenvalue weighted by Crippen LogP contribution is -2.12. The van der Waals surface area contributed by atoms with Crippen LogP contribution >= 0.6 is 0 Å². The first-order chi connectivity index (χ1) is 12.6. The van der Waals surface area contributed by atoms with E-state index in [4.69, 9.17) is 5.14 Å². The van der Waals surface area contributed by atoms with Gasteiger partial charge in [-0.25, -0.2) is 18.5 Å². The molecule has 0 fully saturated rings. The maximum Gasteiger partial charge on any atom is 0.434 e. The first-order valence-electron chi connectivity index (χ1n) is 7.84. The zero-order chi connectivity index (χ0) is 19.8. The van der Waals surface area contributed by atoms with Crippen molar-refractivity contribution in [3.05, 3.63) is 60.2 Å². The van der Waals surface area contributed by atoms with Gasteiger partial charge in [0.1, 0.15) is 5.82 Å². The Morgan fingerprint density at radius 2 is 1.78 bits per heavy atom.